The summed E-state index contributed by atoms with van der Waals surface area (Å²) in [6, 6.07) is 13.6. The summed E-state index contributed by atoms with van der Waals surface area (Å²) in [5.41, 5.74) is 0.670. The van der Waals surface area contributed by atoms with E-state index in [-0.39, 0.29) is 11.9 Å². The Morgan fingerprint density at radius 3 is 2.62 bits per heavy atom. The number of carbonyl (C=O) groups is 1. The summed E-state index contributed by atoms with van der Waals surface area (Å²) in [5.74, 6) is -0.0495. The molecule has 0 fully saturated rings. The molecule has 1 aromatic heterocycles. The minimum absolute atomic E-state index is 0.0495. The second-order valence-corrected chi connectivity index (χ2v) is 5.79. The molecule has 1 unspecified atom stereocenters. The Morgan fingerprint density at radius 1 is 1.24 bits per heavy atom. The van der Waals surface area contributed by atoms with E-state index < -0.39 is 0 Å². The Kier molecular flexibility index (Phi) is 5.78. The summed E-state index contributed by atoms with van der Waals surface area (Å²) >= 11 is 1.58. The summed E-state index contributed by atoms with van der Waals surface area (Å²) in [6.07, 6.45) is 1.77. The lowest BCUT2D eigenvalue weighted by Crippen LogP contribution is -2.37. The maximum atomic E-state index is 12.0. The van der Waals surface area contributed by atoms with E-state index in [1.165, 1.54) is 0 Å². The fraction of sp³-hybridized carbons (Fsp3) is 0.250. The number of likely N-dealkylation sites (N-methyl/N-ethyl adjacent to an activating group) is 1. The topological polar surface area (TPSA) is 54.0 Å². The predicted octanol–water partition coefficient (Wildman–Crippen LogP) is 2.57. The number of rotatable bonds is 6. The fourth-order valence-electron chi connectivity index (χ4n) is 1.65. The van der Waals surface area contributed by atoms with E-state index in [9.17, 15) is 4.79 Å². The van der Waals surface area contributed by atoms with Crippen molar-refractivity contribution in [2.45, 2.75) is 22.9 Å². The van der Waals surface area contributed by atoms with Crippen LogP contribution in [0.15, 0.2) is 58.6 Å². The lowest BCUT2D eigenvalue weighted by molar-refractivity contribution is 0.0950. The van der Waals surface area contributed by atoms with Crippen molar-refractivity contribution in [2.24, 2.45) is 0 Å². The van der Waals surface area contributed by atoms with Gasteiger partial charge in [-0.05, 0) is 50.4 Å². The zero-order valence-electron chi connectivity index (χ0n) is 12.2. The van der Waals surface area contributed by atoms with Gasteiger partial charge >= 0.3 is 0 Å². The molecule has 0 aliphatic heterocycles. The van der Waals surface area contributed by atoms with E-state index in [0.29, 0.717) is 12.1 Å². The molecule has 1 amide bonds. The van der Waals surface area contributed by atoms with Gasteiger partial charge in [-0.1, -0.05) is 17.8 Å². The third-order valence-electron chi connectivity index (χ3n) is 3.04. The van der Waals surface area contributed by atoms with Crippen molar-refractivity contribution in [3.63, 3.8) is 0 Å². The molecule has 0 bridgehead atoms. The molecule has 21 heavy (non-hydrogen) atoms. The molecular weight excluding hydrogens is 282 g/mol. The molecular formula is C16H19N3OS. The highest BCUT2D eigenvalue weighted by molar-refractivity contribution is 7.99. The average Bonchev–Trinajstić information content (AvgIpc) is 2.54. The summed E-state index contributed by atoms with van der Waals surface area (Å²) < 4.78 is 0. The number of hydrogen-bond acceptors (Lipinski definition) is 4. The Bertz CT molecular complexity index is 572. The summed E-state index contributed by atoms with van der Waals surface area (Å²) in [7, 11) is 1.88. The summed E-state index contributed by atoms with van der Waals surface area (Å²) in [5, 5.41) is 6.92. The van der Waals surface area contributed by atoms with Crippen LogP contribution in [0.2, 0.25) is 0 Å². The second-order valence-electron chi connectivity index (χ2n) is 4.69. The van der Waals surface area contributed by atoms with Crippen LogP contribution in [0.25, 0.3) is 0 Å². The molecule has 1 aromatic carbocycles. The summed E-state index contributed by atoms with van der Waals surface area (Å²) in [4.78, 5) is 17.3. The van der Waals surface area contributed by atoms with Crippen LogP contribution in [0.1, 0.15) is 17.3 Å². The number of nitrogens with zero attached hydrogens (tertiary/aromatic N) is 1. The van der Waals surface area contributed by atoms with Crippen LogP contribution < -0.4 is 10.6 Å². The standard InChI is InChI=1S/C16H19N3OS/c1-12(17-2)11-19-16(20)13-6-8-14(9-7-13)21-15-5-3-4-10-18-15/h3-10,12,17H,11H2,1-2H3,(H,19,20). The number of carbonyl (C=O) groups excluding carboxylic acids is 1. The zero-order valence-corrected chi connectivity index (χ0v) is 13.0. The molecule has 0 saturated heterocycles. The highest BCUT2D eigenvalue weighted by Crippen LogP contribution is 2.25. The van der Waals surface area contributed by atoms with Crippen LogP contribution in [0.4, 0.5) is 0 Å². The van der Waals surface area contributed by atoms with Crippen molar-refractivity contribution in [3.05, 3.63) is 54.2 Å². The molecule has 0 saturated carbocycles. The van der Waals surface area contributed by atoms with Gasteiger partial charge in [0.1, 0.15) is 5.03 Å². The van der Waals surface area contributed by atoms with Gasteiger partial charge in [0.15, 0.2) is 0 Å². The molecule has 1 heterocycles. The average molecular weight is 301 g/mol. The van der Waals surface area contributed by atoms with E-state index in [1.807, 2.05) is 56.4 Å². The lowest BCUT2D eigenvalue weighted by Gasteiger charge is -2.11. The summed E-state index contributed by atoms with van der Waals surface area (Å²) in [6.45, 7) is 2.63. The SMILES string of the molecule is CNC(C)CNC(=O)c1ccc(Sc2ccccn2)cc1. The zero-order chi connectivity index (χ0) is 15.1. The molecule has 2 rings (SSSR count). The predicted molar refractivity (Wildman–Crippen MR) is 85.7 cm³/mol. The van der Waals surface area contributed by atoms with E-state index in [2.05, 4.69) is 15.6 Å². The molecule has 4 nitrogen and oxygen atoms in total. The largest absolute Gasteiger partial charge is 0.350 e. The Morgan fingerprint density at radius 2 is 2.00 bits per heavy atom. The molecule has 2 aromatic rings. The van der Waals surface area contributed by atoms with Crippen molar-refractivity contribution in [2.75, 3.05) is 13.6 Å². The van der Waals surface area contributed by atoms with Crippen molar-refractivity contribution in [1.29, 1.82) is 0 Å². The van der Waals surface area contributed by atoms with Crippen molar-refractivity contribution in [1.82, 2.24) is 15.6 Å². The number of nitrogens with one attached hydrogen (secondary N) is 2. The van der Waals surface area contributed by atoms with Gasteiger partial charge in [0.25, 0.3) is 5.91 Å². The van der Waals surface area contributed by atoms with Crippen LogP contribution in [0.3, 0.4) is 0 Å². The molecule has 1 atom stereocenters. The maximum absolute atomic E-state index is 12.0. The van der Waals surface area contributed by atoms with Crippen LogP contribution >= 0.6 is 11.8 Å². The van der Waals surface area contributed by atoms with Crippen LogP contribution in [-0.4, -0.2) is 30.5 Å². The quantitative estimate of drug-likeness (QED) is 0.861. The van der Waals surface area contributed by atoms with Crippen LogP contribution in [0, 0.1) is 0 Å². The van der Waals surface area contributed by atoms with Crippen molar-refractivity contribution >= 4 is 17.7 Å². The Hall–Kier alpha value is -1.85. The van der Waals surface area contributed by atoms with Gasteiger partial charge in [0.05, 0.1) is 0 Å². The third kappa shape index (κ3) is 4.88. The molecule has 0 aliphatic rings. The number of aromatic nitrogens is 1. The number of benzene rings is 1. The monoisotopic (exact) mass is 301 g/mol. The molecule has 0 aliphatic carbocycles. The number of pyridine rings is 1. The molecule has 5 heteroatoms. The highest BCUT2D eigenvalue weighted by atomic mass is 32.2. The van der Waals surface area contributed by atoms with Gasteiger partial charge in [0.2, 0.25) is 0 Å². The van der Waals surface area contributed by atoms with E-state index in [4.69, 9.17) is 0 Å². The lowest BCUT2D eigenvalue weighted by atomic mass is 10.2. The minimum Gasteiger partial charge on any atom is -0.350 e. The minimum atomic E-state index is -0.0495. The molecule has 0 spiro atoms. The molecule has 110 valence electrons. The smallest absolute Gasteiger partial charge is 0.251 e. The number of amides is 1. The van der Waals surface area contributed by atoms with E-state index >= 15 is 0 Å². The first-order valence-electron chi connectivity index (χ1n) is 6.83. The normalized spacial score (nSPS) is 11.9. The van der Waals surface area contributed by atoms with Gasteiger partial charge in [-0.15, -0.1) is 0 Å². The third-order valence-corrected chi connectivity index (χ3v) is 4.00. The Balaban J connectivity index is 1.94. The fourth-order valence-corrected chi connectivity index (χ4v) is 2.43. The van der Waals surface area contributed by atoms with Crippen LogP contribution in [-0.2, 0) is 0 Å². The molecule has 2 N–H and O–H groups in total. The van der Waals surface area contributed by atoms with Crippen LogP contribution in [0.5, 0.6) is 0 Å². The van der Waals surface area contributed by atoms with Crippen molar-refractivity contribution < 1.29 is 4.79 Å². The van der Waals surface area contributed by atoms with Gasteiger partial charge in [-0.25, -0.2) is 4.98 Å². The number of hydrogen-bond donors (Lipinski definition) is 2. The molecule has 0 radical (unpaired) electrons. The van der Waals surface area contributed by atoms with Gasteiger partial charge in [-0.2, -0.15) is 0 Å². The first-order chi connectivity index (χ1) is 10.2. The van der Waals surface area contributed by atoms with E-state index in [1.54, 1.807) is 18.0 Å². The first kappa shape index (κ1) is 15.5. The highest BCUT2D eigenvalue weighted by Gasteiger charge is 2.07. The van der Waals surface area contributed by atoms with Crippen molar-refractivity contribution in [3.8, 4) is 0 Å². The van der Waals surface area contributed by atoms with Gasteiger partial charge < -0.3 is 10.6 Å². The van der Waals surface area contributed by atoms with Gasteiger partial charge in [0, 0.05) is 29.2 Å². The van der Waals surface area contributed by atoms with Gasteiger partial charge in [-0.3, -0.25) is 4.79 Å². The Labute approximate surface area is 129 Å². The maximum Gasteiger partial charge on any atom is 0.251 e. The van der Waals surface area contributed by atoms with E-state index in [0.717, 1.165) is 9.92 Å². The first-order valence-corrected chi connectivity index (χ1v) is 7.65. The second kappa shape index (κ2) is 7.81.